The molecule has 0 radical (unpaired) electrons. The van der Waals surface area contributed by atoms with Crippen molar-refractivity contribution in [3.63, 3.8) is 0 Å². The smallest absolute Gasteiger partial charge is 0.0478 e. The van der Waals surface area contributed by atoms with E-state index < -0.39 is 0 Å². The summed E-state index contributed by atoms with van der Waals surface area (Å²) in [4.78, 5) is 6.93. The van der Waals surface area contributed by atoms with E-state index in [1.165, 1.54) is 31.4 Å². The van der Waals surface area contributed by atoms with Crippen LogP contribution in [0.2, 0.25) is 0 Å². The first-order valence-electron chi connectivity index (χ1n) is 6.90. The predicted molar refractivity (Wildman–Crippen MR) is 75.8 cm³/mol. The van der Waals surface area contributed by atoms with Crippen LogP contribution in [0.5, 0.6) is 0 Å². The van der Waals surface area contributed by atoms with Gasteiger partial charge >= 0.3 is 0 Å². The van der Waals surface area contributed by atoms with E-state index in [2.05, 4.69) is 48.5 Å². The predicted octanol–water partition coefficient (Wildman–Crippen LogP) is 2.04. The second-order valence-electron chi connectivity index (χ2n) is 5.80. The Bertz CT molecular complexity index is 353. The van der Waals surface area contributed by atoms with Gasteiger partial charge in [-0.2, -0.15) is 0 Å². The van der Waals surface area contributed by atoms with Crippen molar-refractivity contribution in [2.24, 2.45) is 0 Å². The summed E-state index contributed by atoms with van der Waals surface area (Å²) in [6.07, 6.45) is 6.89. The average molecular weight is 247 g/mol. The molecule has 100 valence electrons. The summed E-state index contributed by atoms with van der Waals surface area (Å²) in [6, 6.07) is 7.00. The van der Waals surface area contributed by atoms with Gasteiger partial charge in [-0.3, -0.25) is 4.98 Å². The van der Waals surface area contributed by atoms with Crippen molar-refractivity contribution in [2.75, 3.05) is 27.7 Å². The number of pyridine rings is 1. The summed E-state index contributed by atoms with van der Waals surface area (Å²) in [5.74, 6) is 0. The van der Waals surface area contributed by atoms with E-state index in [4.69, 9.17) is 0 Å². The van der Waals surface area contributed by atoms with Gasteiger partial charge in [0.1, 0.15) is 0 Å². The molecule has 1 aliphatic rings. The van der Waals surface area contributed by atoms with Gasteiger partial charge in [0, 0.05) is 29.9 Å². The van der Waals surface area contributed by atoms with E-state index in [1.54, 1.807) is 0 Å². The maximum absolute atomic E-state index is 4.63. The third-order valence-electron chi connectivity index (χ3n) is 4.18. The van der Waals surface area contributed by atoms with Crippen LogP contribution in [-0.2, 0) is 5.41 Å². The molecular formula is C15H25N3. The summed E-state index contributed by atoms with van der Waals surface area (Å²) in [6.45, 7) is 1.10. The molecule has 3 heteroatoms. The molecule has 0 saturated heterocycles. The first-order valence-corrected chi connectivity index (χ1v) is 6.90. The normalized spacial score (nSPS) is 28.6. The monoisotopic (exact) mass is 247 g/mol. The van der Waals surface area contributed by atoms with Gasteiger partial charge < -0.3 is 10.2 Å². The Hall–Kier alpha value is -0.930. The van der Waals surface area contributed by atoms with Gasteiger partial charge in [-0.05, 0) is 59.0 Å². The third-order valence-corrected chi connectivity index (χ3v) is 4.18. The van der Waals surface area contributed by atoms with Gasteiger partial charge in [0.2, 0.25) is 0 Å². The van der Waals surface area contributed by atoms with E-state index in [1.807, 2.05) is 12.3 Å². The molecule has 3 nitrogen and oxygen atoms in total. The molecule has 1 fully saturated rings. The Morgan fingerprint density at radius 1 is 1.33 bits per heavy atom. The van der Waals surface area contributed by atoms with Crippen molar-refractivity contribution < 1.29 is 0 Å². The lowest BCUT2D eigenvalue weighted by Gasteiger charge is -2.41. The molecule has 0 spiro atoms. The largest absolute Gasteiger partial charge is 0.317 e. The van der Waals surface area contributed by atoms with E-state index in [0.717, 1.165) is 6.54 Å². The molecule has 1 aliphatic carbocycles. The molecule has 0 amide bonds. The molecule has 0 aliphatic heterocycles. The fraction of sp³-hybridized carbons (Fsp3) is 0.667. The summed E-state index contributed by atoms with van der Waals surface area (Å²) >= 11 is 0. The highest BCUT2D eigenvalue weighted by molar-refractivity contribution is 5.19. The molecular weight excluding hydrogens is 222 g/mol. The van der Waals surface area contributed by atoms with Crippen LogP contribution in [0.25, 0.3) is 0 Å². The van der Waals surface area contributed by atoms with Crippen molar-refractivity contribution >= 4 is 0 Å². The minimum Gasteiger partial charge on any atom is -0.317 e. The molecule has 18 heavy (non-hydrogen) atoms. The quantitative estimate of drug-likeness (QED) is 0.882. The zero-order valence-electron chi connectivity index (χ0n) is 11.8. The number of nitrogens with zero attached hydrogens (tertiary/aromatic N) is 2. The Kier molecular flexibility index (Phi) is 4.36. The molecule has 1 saturated carbocycles. The number of aromatic nitrogens is 1. The highest BCUT2D eigenvalue weighted by atomic mass is 15.1. The molecule has 0 aromatic carbocycles. The van der Waals surface area contributed by atoms with E-state index in [9.17, 15) is 0 Å². The van der Waals surface area contributed by atoms with Crippen LogP contribution in [0.3, 0.4) is 0 Å². The van der Waals surface area contributed by atoms with Crippen LogP contribution < -0.4 is 5.32 Å². The topological polar surface area (TPSA) is 28.2 Å². The van der Waals surface area contributed by atoms with Crippen LogP contribution in [0.1, 0.15) is 31.4 Å². The van der Waals surface area contributed by atoms with E-state index >= 15 is 0 Å². The second-order valence-corrected chi connectivity index (χ2v) is 5.80. The number of hydrogen-bond acceptors (Lipinski definition) is 3. The van der Waals surface area contributed by atoms with Gasteiger partial charge in [-0.25, -0.2) is 0 Å². The van der Waals surface area contributed by atoms with Gasteiger partial charge in [-0.1, -0.05) is 6.07 Å². The standard InChI is InChI=1S/C15H25N3/c1-16-13-7-9-15(10-8-13,12-18(2)3)14-6-4-5-11-17-14/h4-6,11,13,16H,7-10,12H2,1-3H3. The lowest BCUT2D eigenvalue weighted by molar-refractivity contribution is 0.191. The Balaban J connectivity index is 2.20. The maximum Gasteiger partial charge on any atom is 0.0478 e. The van der Waals surface area contributed by atoms with Crippen LogP contribution >= 0.6 is 0 Å². The summed E-state index contributed by atoms with van der Waals surface area (Å²) < 4.78 is 0. The number of likely N-dealkylation sites (N-methyl/N-ethyl adjacent to an activating group) is 1. The Morgan fingerprint density at radius 2 is 2.06 bits per heavy atom. The van der Waals surface area contributed by atoms with Crippen LogP contribution in [-0.4, -0.2) is 43.6 Å². The molecule has 1 heterocycles. The lowest BCUT2D eigenvalue weighted by atomic mass is 9.70. The molecule has 1 N–H and O–H groups in total. The zero-order valence-corrected chi connectivity index (χ0v) is 11.8. The maximum atomic E-state index is 4.63. The van der Waals surface area contributed by atoms with Crippen molar-refractivity contribution in [1.82, 2.24) is 15.2 Å². The molecule has 0 bridgehead atoms. The fourth-order valence-corrected chi connectivity index (χ4v) is 3.24. The van der Waals surface area contributed by atoms with Crippen molar-refractivity contribution in [1.29, 1.82) is 0 Å². The molecule has 1 aromatic rings. The number of hydrogen-bond donors (Lipinski definition) is 1. The molecule has 1 aromatic heterocycles. The fourth-order valence-electron chi connectivity index (χ4n) is 3.24. The number of rotatable bonds is 4. The molecule has 2 rings (SSSR count). The SMILES string of the molecule is CNC1CCC(CN(C)C)(c2ccccn2)CC1. The lowest BCUT2D eigenvalue weighted by Crippen LogP contribution is -2.44. The average Bonchev–Trinajstić information content (AvgIpc) is 2.40. The summed E-state index contributed by atoms with van der Waals surface area (Å²) in [7, 11) is 6.40. The Morgan fingerprint density at radius 3 is 2.56 bits per heavy atom. The minimum atomic E-state index is 0.248. The second kappa shape index (κ2) is 5.81. The van der Waals surface area contributed by atoms with Gasteiger partial charge in [0.25, 0.3) is 0 Å². The first kappa shape index (κ1) is 13.5. The van der Waals surface area contributed by atoms with E-state index in [-0.39, 0.29) is 5.41 Å². The van der Waals surface area contributed by atoms with Gasteiger partial charge in [0.05, 0.1) is 0 Å². The van der Waals surface area contributed by atoms with Crippen LogP contribution in [0, 0.1) is 0 Å². The van der Waals surface area contributed by atoms with Gasteiger partial charge in [0.15, 0.2) is 0 Å². The van der Waals surface area contributed by atoms with Crippen molar-refractivity contribution in [3.05, 3.63) is 30.1 Å². The molecule has 0 atom stereocenters. The Labute approximate surface area is 111 Å². The highest BCUT2D eigenvalue weighted by Gasteiger charge is 2.37. The molecule has 0 unspecified atom stereocenters. The highest BCUT2D eigenvalue weighted by Crippen LogP contribution is 2.38. The van der Waals surface area contributed by atoms with Crippen LogP contribution in [0.15, 0.2) is 24.4 Å². The third kappa shape index (κ3) is 2.90. The first-order chi connectivity index (χ1) is 8.66. The summed E-state index contributed by atoms with van der Waals surface area (Å²) in [5, 5.41) is 3.41. The zero-order chi connectivity index (χ0) is 13.0. The minimum absolute atomic E-state index is 0.248. The van der Waals surface area contributed by atoms with Gasteiger partial charge in [-0.15, -0.1) is 0 Å². The van der Waals surface area contributed by atoms with E-state index in [0.29, 0.717) is 6.04 Å². The van der Waals surface area contributed by atoms with Crippen molar-refractivity contribution in [2.45, 2.75) is 37.1 Å². The summed E-state index contributed by atoms with van der Waals surface area (Å²) in [5.41, 5.74) is 1.52. The number of nitrogens with one attached hydrogen (secondary N) is 1. The van der Waals surface area contributed by atoms with Crippen LogP contribution in [0.4, 0.5) is 0 Å². The van der Waals surface area contributed by atoms with Crippen molar-refractivity contribution in [3.8, 4) is 0 Å².